The number of nitrogens with zero attached hydrogens (tertiary/aromatic N) is 2. The van der Waals surface area contributed by atoms with E-state index in [0.29, 0.717) is 17.3 Å². The number of anilines is 1. The van der Waals surface area contributed by atoms with E-state index in [1.807, 2.05) is 30.3 Å². The van der Waals surface area contributed by atoms with Gasteiger partial charge in [-0.25, -0.2) is 4.98 Å². The van der Waals surface area contributed by atoms with E-state index in [1.54, 1.807) is 24.5 Å². The lowest BCUT2D eigenvalue weighted by Crippen LogP contribution is -1.91. The van der Waals surface area contributed by atoms with Crippen molar-refractivity contribution >= 4 is 16.7 Å². The van der Waals surface area contributed by atoms with E-state index in [2.05, 4.69) is 9.97 Å². The summed E-state index contributed by atoms with van der Waals surface area (Å²) in [5.74, 6) is 1.82. The second kappa shape index (κ2) is 4.33. The molecular weight excluding hydrogens is 226 g/mol. The molecule has 1 aromatic carbocycles. The Morgan fingerprint density at radius 1 is 0.944 bits per heavy atom. The number of para-hydroxylation sites is 1. The highest BCUT2D eigenvalue weighted by molar-refractivity contribution is 5.84. The van der Waals surface area contributed by atoms with Crippen molar-refractivity contribution in [3.63, 3.8) is 0 Å². The molecule has 0 fully saturated rings. The minimum absolute atomic E-state index is 0.471. The van der Waals surface area contributed by atoms with Gasteiger partial charge >= 0.3 is 0 Å². The van der Waals surface area contributed by atoms with Crippen LogP contribution in [0.2, 0.25) is 0 Å². The van der Waals surface area contributed by atoms with Gasteiger partial charge in [0.15, 0.2) is 5.75 Å². The van der Waals surface area contributed by atoms with Crippen LogP contribution in [0.3, 0.4) is 0 Å². The van der Waals surface area contributed by atoms with Crippen LogP contribution >= 0.6 is 0 Å². The molecule has 3 rings (SSSR count). The Morgan fingerprint density at radius 3 is 2.67 bits per heavy atom. The highest BCUT2D eigenvalue weighted by Crippen LogP contribution is 2.27. The molecule has 3 aromatic rings. The predicted molar refractivity (Wildman–Crippen MR) is 70.5 cm³/mol. The maximum Gasteiger partial charge on any atom is 0.153 e. The molecule has 0 amide bonds. The minimum atomic E-state index is 0.471. The minimum Gasteiger partial charge on any atom is -0.453 e. The average Bonchev–Trinajstić information content (AvgIpc) is 2.42. The molecule has 0 aliphatic heterocycles. The van der Waals surface area contributed by atoms with E-state index in [0.717, 1.165) is 10.9 Å². The quantitative estimate of drug-likeness (QED) is 0.744. The van der Waals surface area contributed by atoms with Gasteiger partial charge < -0.3 is 10.5 Å². The van der Waals surface area contributed by atoms with Crippen molar-refractivity contribution < 1.29 is 4.74 Å². The molecule has 2 N–H and O–H groups in total. The number of benzene rings is 1. The molecule has 0 spiro atoms. The van der Waals surface area contributed by atoms with Crippen molar-refractivity contribution in [1.29, 1.82) is 0 Å². The Hall–Kier alpha value is -2.62. The molecule has 0 atom stereocenters. The summed E-state index contributed by atoms with van der Waals surface area (Å²) < 4.78 is 5.77. The van der Waals surface area contributed by atoms with Gasteiger partial charge in [0.25, 0.3) is 0 Å². The van der Waals surface area contributed by atoms with Gasteiger partial charge in [-0.1, -0.05) is 18.2 Å². The van der Waals surface area contributed by atoms with Gasteiger partial charge in [0.2, 0.25) is 0 Å². The molecule has 0 aliphatic rings. The van der Waals surface area contributed by atoms with Crippen molar-refractivity contribution in [2.75, 3.05) is 5.73 Å². The standard InChI is InChI=1S/C14H11N3O/c15-13-7-6-11(9-17-13)18-12-5-1-3-10-4-2-8-16-14(10)12/h1-9H,(H2,15,17). The highest BCUT2D eigenvalue weighted by Gasteiger charge is 2.04. The maximum atomic E-state index is 5.77. The number of aromatic nitrogens is 2. The zero-order valence-corrected chi connectivity index (χ0v) is 9.58. The third kappa shape index (κ3) is 1.96. The number of nitrogen functional groups attached to an aromatic ring is 1. The molecule has 88 valence electrons. The highest BCUT2D eigenvalue weighted by atomic mass is 16.5. The molecule has 2 heterocycles. The molecule has 0 saturated carbocycles. The van der Waals surface area contributed by atoms with Crippen LogP contribution in [-0.4, -0.2) is 9.97 Å². The summed E-state index contributed by atoms with van der Waals surface area (Å²) in [5, 5.41) is 1.04. The first-order valence-corrected chi connectivity index (χ1v) is 5.56. The van der Waals surface area contributed by atoms with Gasteiger partial charge in [0.05, 0.1) is 6.20 Å². The molecular formula is C14H11N3O. The van der Waals surface area contributed by atoms with E-state index in [4.69, 9.17) is 10.5 Å². The molecule has 18 heavy (non-hydrogen) atoms. The number of hydrogen-bond donors (Lipinski definition) is 1. The second-order valence-electron chi connectivity index (χ2n) is 3.85. The van der Waals surface area contributed by atoms with Gasteiger partial charge in [-0.2, -0.15) is 0 Å². The zero-order chi connectivity index (χ0) is 12.4. The van der Waals surface area contributed by atoms with E-state index in [-0.39, 0.29) is 0 Å². The Bertz CT molecular complexity index is 675. The van der Waals surface area contributed by atoms with Crippen LogP contribution in [-0.2, 0) is 0 Å². The van der Waals surface area contributed by atoms with Crippen LogP contribution in [0.15, 0.2) is 54.9 Å². The van der Waals surface area contributed by atoms with Crippen LogP contribution in [0.25, 0.3) is 10.9 Å². The molecule has 0 aliphatic carbocycles. The fraction of sp³-hybridized carbons (Fsp3) is 0. The lowest BCUT2D eigenvalue weighted by molar-refractivity contribution is 0.485. The summed E-state index contributed by atoms with van der Waals surface area (Å²) in [6.07, 6.45) is 3.34. The number of ether oxygens (including phenoxy) is 1. The van der Waals surface area contributed by atoms with Gasteiger partial charge in [-0.3, -0.25) is 4.98 Å². The fourth-order valence-corrected chi connectivity index (χ4v) is 1.74. The smallest absolute Gasteiger partial charge is 0.153 e. The van der Waals surface area contributed by atoms with Gasteiger partial charge in [-0.15, -0.1) is 0 Å². The predicted octanol–water partition coefficient (Wildman–Crippen LogP) is 3.00. The third-order valence-corrected chi connectivity index (χ3v) is 2.58. The van der Waals surface area contributed by atoms with Gasteiger partial charge in [-0.05, 0) is 24.3 Å². The molecule has 4 nitrogen and oxygen atoms in total. The van der Waals surface area contributed by atoms with Crippen LogP contribution < -0.4 is 10.5 Å². The lowest BCUT2D eigenvalue weighted by atomic mass is 10.2. The number of pyridine rings is 2. The first-order chi connectivity index (χ1) is 8.83. The summed E-state index contributed by atoms with van der Waals surface area (Å²) in [7, 11) is 0. The molecule has 4 heteroatoms. The average molecular weight is 237 g/mol. The van der Waals surface area contributed by atoms with Gasteiger partial charge in [0.1, 0.15) is 17.1 Å². The summed E-state index contributed by atoms with van der Waals surface area (Å²) in [5.41, 5.74) is 6.36. The third-order valence-electron chi connectivity index (χ3n) is 2.58. The normalized spacial score (nSPS) is 10.4. The molecule has 0 bridgehead atoms. The van der Waals surface area contributed by atoms with Crippen molar-refractivity contribution in [3.05, 3.63) is 54.9 Å². The van der Waals surface area contributed by atoms with Crippen LogP contribution in [0.1, 0.15) is 0 Å². The van der Waals surface area contributed by atoms with Crippen molar-refractivity contribution in [2.45, 2.75) is 0 Å². The molecule has 2 aromatic heterocycles. The topological polar surface area (TPSA) is 61.0 Å². The fourth-order valence-electron chi connectivity index (χ4n) is 1.74. The Morgan fingerprint density at radius 2 is 1.83 bits per heavy atom. The number of nitrogens with two attached hydrogens (primary N) is 1. The SMILES string of the molecule is Nc1ccc(Oc2cccc3cccnc23)cn1. The summed E-state index contributed by atoms with van der Waals surface area (Å²) in [4.78, 5) is 8.31. The van der Waals surface area contributed by atoms with Gasteiger partial charge in [0, 0.05) is 11.6 Å². The summed E-state index contributed by atoms with van der Waals surface area (Å²) in [6.45, 7) is 0. The summed E-state index contributed by atoms with van der Waals surface area (Å²) >= 11 is 0. The second-order valence-corrected chi connectivity index (χ2v) is 3.85. The molecule has 0 radical (unpaired) electrons. The van der Waals surface area contributed by atoms with E-state index in [9.17, 15) is 0 Å². The van der Waals surface area contributed by atoms with Crippen LogP contribution in [0.5, 0.6) is 11.5 Å². The Labute approximate surface area is 104 Å². The lowest BCUT2D eigenvalue weighted by Gasteiger charge is -2.07. The number of rotatable bonds is 2. The van der Waals surface area contributed by atoms with Crippen molar-refractivity contribution in [1.82, 2.24) is 9.97 Å². The maximum absolute atomic E-state index is 5.77. The Balaban J connectivity index is 2.02. The molecule has 0 saturated heterocycles. The number of fused-ring (bicyclic) bond motifs is 1. The first kappa shape index (κ1) is 10.5. The largest absolute Gasteiger partial charge is 0.453 e. The number of hydrogen-bond acceptors (Lipinski definition) is 4. The zero-order valence-electron chi connectivity index (χ0n) is 9.58. The monoisotopic (exact) mass is 237 g/mol. The van der Waals surface area contributed by atoms with E-state index in [1.165, 1.54) is 0 Å². The Kier molecular flexibility index (Phi) is 2.53. The van der Waals surface area contributed by atoms with E-state index < -0.39 is 0 Å². The summed E-state index contributed by atoms with van der Waals surface area (Å²) in [6, 6.07) is 13.2. The van der Waals surface area contributed by atoms with Crippen molar-refractivity contribution in [3.8, 4) is 11.5 Å². The van der Waals surface area contributed by atoms with E-state index >= 15 is 0 Å². The van der Waals surface area contributed by atoms with Crippen molar-refractivity contribution in [2.24, 2.45) is 0 Å². The first-order valence-electron chi connectivity index (χ1n) is 5.56. The van der Waals surface area contributed by atoms with Crippen LogP contribution in [0.4, 0.5) is 5.82 Å². The van der Waals surface area contributed by atoms with Crippen LogP contribution in [0, 0.1) is 0 Å². The molecule has 0 unspecified atom stereocenters.